The maximum atomic E-state index is 11.2. The van der Waals surface area contributed by atoms with Crippen molar-refractivity contribution in [3.05, 3.63) is 0 Å². The molecular weight excluding hydrogens is 184 g/mol. The molecule has 0 atom stereocenters. The number of aliphatic carboxylic acids is 1. The summed E-state index contributed by atoms with van der Waals surface area (Å²) in [4.78, 5) is 23.2. The van der Waals surface area contributed by atoms with E-state index in [1.54, 1.807) is 11.9 Å². The van der Waals surface area contributed by atoms with Crippen LogP contribution in [0.1, 0.15) is 19.3 Å². The van der Waals surface area contributed by atoms with Crippen LogP contribution in [0, 0.1) is 0 Å². The van der Waals surface area contributed by atoms with E-state index in [2.05, 4.69) is 5.32 Å². The Bertz CT molecular complexity index is 226. The van der Waals surface area contributed by atoms with Crippen LogP contribution in [-0.4, -0.2) is 48.1 Å². The highest BCUT2D eigenvalue weighted by Gasteiger charge is 2.23. The number of likely N-dealkylation sites (N-methyl/N-ethyl adjacent to an activating group) is 1. The molecule has 0 unspecified atom stereocenters. The summed E-state index contributed by atoms with van der Waals surface area (Å²) in [6.45, 7) is 0.692. The van der Waals surface area contributed by atoms with Gasteiger partial charge in [0.2, 0.25) is 5.91 Å². The number of nitrogens with one attached hydrogen (secondary N) is 1. The molecule has 0 spiro atoms. The van der Waals surface area contributed by atoms with Gasteiger partial charge in [0.1, 0.15) is 0 Å². The van der Waals surface area contributed by atoms with Crippen LogP contribution in [0.3, 0.4) is 0 Å². The molecule has 5 nitrogen and oxygen atoms in total. The third kappa shape index (κ3) is 4.81. The van der Waals surface area contributed by atoms with Gasteiger partial charge in [-0.25, -0.2) is 0 Å². The second kappa shape index (κ2) is 4.95. The van der Waals surface area contributed by atoms with Crippen molar-refractivity contribution in [1.82, 2.24) is 10.2 Å². The molecule has 1 fully saturated rings. The Hall–Kier alpha value is -1.10. The summed E-state index contributed by atoms with van der Waals surface area (Å²) in [5, 5.41) is 11.3. The highest BCUT2D eigenvalue weighted by Crippen LogP contribution is 2.18. The smallest absolute Gasteiger partial charge is 0.304 e. The fraction of sp³-hybridized carbons (Fsp3) is 0.778. The number of carboxylic acid groups (broad SMARTS) is 1. The van der Waals surface area contributed by atoms with E-state index < -0.39 is 5.97 Å². The van der Waals surface area contributed by atoms with Crippen molar-refractivity contribution in [2.24, 2.45) is 0 Å². The summed E-state index contributed by atoms with van der Waals surface area (Å²) in [5.41, 5.74) is 0. The Morgan fingerprint density at radius 3 is 2.64 bits per heavy atom. The van der Waals surface area contributed by atoms with Crippen LogP contribution in [0.5, 0.6) is 0 Å². The van der Waals surface area contributed by atoms with Gasteiger partial charge in [0.25, 0.3) is 0 Å². The molecule has 1 aliphatic carbocycles. The Morgan fingerprint density at radius 2 is 2.14 bits per heavy atom. The molecule has 0 aliphatic heterocycles. The molecule has 1 aliphatic rings. The normalized spacial score (nSPS) is 15.6. The Morgan fingerprint density at radius 1 is 1.50 bits per heavy atom. The van der Waals surface area contributed by atoms with Crippen LogP contribution in [0.25, 0.3) is 0 Å². The van der Waals surface area contributed by atoms with E-state index in [9.17, 15) is 9.59 Å². The van der Waals surface area contributed by atoms with Gasteiger partial charge < -0.3 is 10.4 Å². The SMILES string of the molecule is CN(CCC(=O)O)CC(=O)NC1CC1. The predicted octanol–water partition coefficient (Wildman–Crippen LogP) is -0.328. The maximum absolute atomic E-state index is 11.2. The van der Waals surface area contributed by atoms with Crippen molar-refractivity contribution in [3.8, 4) is 0 Å². The van der Waals surface area contributed by atoms with Gasteiger partial charge in [-0.2, -0.15) is 0 Å². The van der Waals surface area contributed by atoms with Crippen molar-refractivity contribution in [2.75, 3.05) is 20.1 Å². The van der Waals surface area contributed by atoms with E-state index in [0.29, 0.717) is 12.6 Å². The summed E-state index contributed by atoms with van der Waals surface area (Å²) >= 11 is 0. The van der Waals surface area contributed by atoms with E-state index >= 15 is 0 Å². The fourth-order valence-corrected chi connectivity index (χ4v) is 1.11. The first-order valence-corrected chi connectivity index (χ1v) is 4.77. The minimum atomic E-state index is -0.834. The fourth-order valence-electron chi connectivity index (χ4n) is 1.11. The molecule has 0 bridgehead atoms. The van der Waals surface area contributed by atoms with Gasteiger partial charge >= 0.3 is 5.97 Å². The molecule has 0 saturated heterocycles. The van der Waals surface area contributed by atoms with E-state index in [-0.39, 0.29) is 18.9 Å². The molecule has 1 rings (SSSR count). The number of carbonyl (C=O) groups is 2. The second-order valence-corrected chi connectivity index (χ2v) is 3.72. The lowest BCUT2D eigenvalue weighted by Gasteiger charge is -2.14. The molecule has 0 radical (unpaired) electrons. The Labute approximate surface area is 83.1 Å². The molecule has 0 heterocycles. The molecule has 0 aromatic rings. The van der Waals surface area contributed by atoms with Crippen molar-refractivity contribution in [2.45, 2.75) is 25.3 Å². The summed E-state index contributed by atoms with van der Waals surface area (Å²) in [5.74, 6) is -0.847. The molecule has 80 valence electrons. The zero-order valence-corrected chi connectivity index (χ0v) is 8.32. The van der Waals surface area contributed by atoms with Crippen LogP contribution < -0.4 is 5.32 Å². The summed E-state index contributed by atoms with van der Waals surface area (Å²) in [6, 6.07) is 0.371. The first kappa shape index (κ1) is 11.0. The lowest BCUT2D eigenvalue weighted by atomic mass is 10.4. The summed E-state index contributed by atoms with van der Waals surface area (Å²) < 4.78 is 0. The van der Waals surface area contributed by atoms with E-state index in [1.807, 2.05) is 0 Å². The third-order valence-electron chi connectivity index (χ3n) is 2.06. The van der Waals surface area contributed by atoms with Gasteiger partial charge in [-0.15, -0.1) is 0 Å². The zero-order valence-electron chi connectivity index (χ0n) is 8.32. The van der Waals surface area contributed by atoms with Gasteiger partial charge in [0, 0.05) is 12.6 Å². The van der Waals surface area contributed by atoms with E-state index in [4.69, 9.17) is 5.11 Å². The monoisotopic (exact) mass is 200 g/mol. The molecular formula is C9H16N2O3. The molecule has 1 amide bonds. The molecule has 0 aromatic carbocycles. The van der Waals surface area contributed by atoms with Crippen LogP contribution in [0.4, 0.5) is 0 Å². The number of hydrogen-bond donors (Lipinski definition) is 2. The Kier molecular flexibility index (Phi) is 3.88. The summed E-state index contributed by atoms with van der Waals surface area (Å²) in [6.07, 6.45) is 2.22. The third-order valence-corrected chi connectivity index (χ3v) is 2.06. The number of nitrogens with zero attached hydrogens (tertiary/aromatic N) is 1. The van der Waals surface area contributed by atoms with Gasteiger partial charge in [0.05, 0.1) is 13.0 Å². The Balaban J connectivity index is 2.08. The molecule has 1 saturated carbocycles. The van der Waals surface area contributed by atoms with Gasteiger partial charge in [-0.3, -0.25) is 14.5 Å². The highest BCUT2D eigenvalue weighted by atomic mass is 16.4. The molecule has 5 heteroatoms. The van der Waals surface area contributed by atoms with Crippen LogP contribution in [-0.2, 0) is 9.59 Å². The molecule has 2 N–H and O–H groups in total. The quantitative estimate of drug-likeness (QED) is 0.616. The standard InChI is InChI=1S/C9H16N2O3/c1-11(5-4-9(13)14)6-8(12)10-7-2-3-7/h7H,2-6H2,1H3,(H,10,12)(H,13,14). The van der Waals surface area contributed by atoms with Crippen LogP contribution >= 0.6 is 0 Å². The van der Waals surface area contributed by atoms with E-state index in [1.165, 1.54) is 0 Å². The van der Waals surface area contributed by atoms with Gasteiger partial charge in [0.15, 0.2) is 0 Å². The lowest BCUT2D eigenvalue weighted by Crippen LogP contribution is -2.37. The minimum absolute atomic E-state index is 0.0135. The first-order chi connectivity index (χ1) is 6.58. The number of carboxylic acids is 1. The second-order valence-electron chi connectivity index (χ2n) is 3.72. The largest absolute Gasteiger partial charge is 0.481 e. The van der Waals surface area contributed by atoms with Crippen molar-refractivity contribution < 1.29 is 14.7 Å². The van der Waals surface area contributed by atoms with Crippen molar-refractivity contribution in [1.29, 1.82) is 0 Å². The average Bonchev–Trinajstić information content (AvgIpc) is 2.84. The average molecular weight is 200 g/mol. The van der Waals surface area contributed by atoms with E-state index in [0.717, 1.165) is 12.8 Å². The predicted molar refractivity (Wildman–Crippen MR) is 50.9 cm³/mol. The number of rotatable bonds is 6. The number of amides is 1. The highest BCUT2D eigenvalue weighted by molar-refractivity contribution is 5.78. The molecule has 0 aromatic heterocycles. The zero-order chi connectivity index (χ0) is 10.6. The minimum Gasteiger partial charge on any atom is -0.481 e. The lowest BCUT2D eigenvalue weighted by molar-refractivity contribution is -0.137. The topological polar surface area (TPSA) is 69.6 Å². The van der Waals surface area contributed by atoms with Crippen molar-refractivity contribution in [3.63, 3.8) is 0 Å². The summed E-state index contributed by atoms with van der Waals surface area (Å²) in [7, 11) is 1.75. The van der Waals surface area contributed by atoms with Crippen molar-refractivity contribution >= 4 is 11.9 Å². The molecule has 14 heavy (non-hydrogen) atoms. The van der Waals surface area contributed by atoms with Gasteiger partial charge in [-0.1, -0.05) is 0 Å². The first-order valence-electron chi connectivity index (χ1n) is 4.77. The number of hydrogen-bond acceptors (Lipinski definition) is 3. The van der Waals surface area contributed by atoms with Gasteiger partial charge in [-0.05, 0) is 19.9 Å². The van der Waals surface area contributed by atoms with Crippen LogP contribution in [0.2, 0.25) is 0 Å². The number of carbonyl (C=O) groups excluding carboxylic acids is 1. The maximum Gasteiger partial charge on any atom is 0.304 e. The van der Waals surface area contributed by atoms with Crippen LogP contribution in [0.15, 0.2) is 0 Å².